The average molecular weight is 495 g/mol. The highest BCUT2D eigenvalue weighted by molar-refractivity contribution is 6.46. The number of ether oxygens (including phenoxy) is 2. The Morgan fingerprint density at radius 3 is 2.42 bits per heavy atom. The van der Waals surface area contributed by atoms with E-state index in [-0.39, 0.29) is 17.1 Å². The zero-order chi connectivity index (χ0) is 25.8. The van der Waals surface area contributed by atoms with Crippen molar-refractivity contribution in [3.8, 4) is 11.5 Å². The van der Waals surface area contributed by atoms with Crippen LogP contribution < -0.4 is 4.74 Å². The van der Waals surface area contributed by atoms with Gasteiger partial charge in [-0.2, -0.15) is 0 Å². The fraction of sp³-hybridized carbons (Fsp3) is 0.429. The normalized spacial score (nSPS) is 20.3. The number of hydrogen-bond donors (Lipinski definition) is 2. The largest absolute Gasteiger partial charge is 0.508 e. The highest BCUT2D eigenvalue weighted by atomic mass is 16.5. The summed E-state index contributed by atoms with van der Waals surface area (Å²) in [6.45, 7) is 10.2. The Labute approximate surface area is 211 Å². The third-order valence-electron chi connectivity index (χ3n) is 6.55. The molecule has 2 aromatic carbocycles. The van der Waals surface area contributed by atoms with E-state index in [0.29, 0.717) is 55.7 Å². The van der Waals surface area contributed by atoms with Gasteiger partial charge in [-0.1, -0.05) is 26.0 Å². The number of carbonyl (C=O) groups excluding carboxylic acids is 2. The zero-order valence-electron chi connectivity index (χ0n) is 21.1. The zero-order valence-corrected chi connectivity index (χ0v) is 21.1. The molecule has 2 aliphatic heterocycles. The molecule has 0 bridgehead atoms. The maximum absolute atomic E-state index is 13.3. The number of ketones is 1. The Morgan fingerprint density at radius 2 is 1.78 bits per heavy atom. The van der Waals surface area contributed by atoms with Crippen LogP contribution in [0.1, 0.15) is 36.6 Å². The number of aliphatic hydroxyl groups is 1. The fourth-order valence-electron chi connectivity index (χ4n) is 4.59. The van der Waals surface area contributed by atoms with Crippen molar-refractivity contribution in [3.63, 3.8) is 0 Å². The first-order valence-electron chi connectivity index (χ1n) is 12.4. The van der Waals surface area contributed by atoms with Gasteiger partial charge in [0.1, 0.15) is 17.3 Å². The number of benzene rings is 2. The smallest absolute Gasteiger partial charge is 0.295 e. The number of rotatable bonds is 8. The van der Waals surface area contributed by atoms with Crippen molar-refractivity contribution in [2.45, 2.75) is 26.8 Å². The number of likely N-dealkylation sites (tertiary alicyclic amines) is 1. The van der Waals surface area contributed by atoms with Gasteiger partial charge in [0, 0.05) is 31.7 Å². The summed E-state index contributed by atoms with van der Waals surface area (Å²) in [5.74, 6) is -0.439. The van der Waals surface area contributed by atoms with Crippen LogP contribution in [0.5, 0.6) is 11.5 Å². The number of morpholine rings is 1. The van der Waals surface area contributed by atoms with E-state index in [1.54, 1.807) is 24.3 Å². The van der Waals surface area contributed by atoms with Crippen LogP contribution in [0.25, 0.3) is 5.76 Å². The first-order chi connectivity index (χ1) is 17.3. The number of phenolic OH excluding ortho intramolecular Hbond substituents is 1. The summed E-state index contributed by atoms with van der Waals surface area (Å²) in [6, 6.07) is 10.9. The Bertz CT molecular complexity index is 1140. The molecule has 8 nitrogen and oxygen atoms in total. The SMILES string of the molecule is Cc1cc(OCC(C)C)ccc1/C(O)=C1\C(=O)C(=O)N(CCN2CCOCC2)[C@H]1c1ccc(O)cc1. The van der Waals surface area contributed by atoms with Gasteiger partial charge in [0.05, 0.1) is 31.4 Å². The monoisotopic (exact) mass is 494 g/mol. The number of Topliss-reactive ketones (excluding diaryl/α,β-unsaturated/α-hetero) is 1. The number of aromatic hydroxyl groups is 1. The quantitative estimate of drug-likeness (QED) is 0.329. The molecule has 1 amide bonds. The van der Waals surface area contributed by atoms with Crippen molar-refractivity contribution in [2.75, 3.05) is 46.0 Å². The van der Waals surface area contributed by atoms with Crippen molar-refractivity contribution in [2.24, 2.45) is 5.92 Å². The molecule has 2 aromatic rings. The van der Waals surface area contributed by atoms with Gasteiger partial charge >= 0.3 is 0 Å². The van der Waals surface area contributed by atoms with E-state index in [9.17, 15) is 19.8 Å². The summed E-state index contributed by atoms with van der Waals surface area (Å²) in [7, 11) is 0. The minimum atomic E-state index is -0.761. The highest BCUT2D eigenvalue weighted by Crippen LogP contribution is 2.40. The summed E-state index contributed by atoms with van der Waals surface area (Å²) in [4.78, 5) is 30.2. The highest BCUT2D eigenvalue weighted by Gasteiger charge is 2.46. The summed E-state index contributed by atoms with van der Waals surface area (Å²) in [6.07, 6.45) is 0. The molecule has 2 N–H and O–H groups in total. The molecular weight excluding hydrogens is 460 g/mol. The molecule has 0 aromatic heterocycles. The van der Waals surface area contributed by atoms with Crippen LogP contribution in [0.3, 0.4) is 0 Å². The van der Waals surface area contributed by atoms with Crippen LogP contribution >= 0.6 is 0 Å². The van der Waals surface area contributed by atoms with Gasteiger partial charge in [-0.25, -0.2) is 0 Å². The number of nitrogens with zero attached hydrogens (tertiary/aromatic N) is 2. The standard InChI is InChI=1S/C28H34N2O6/c1-18(2)17-36-22-8-9-23(19(3)16-22)26(32)24-25(20-4-6-21(31)7-5-20)30(28(34)27(24)33)11-10-29-12-14-35-15-13-29/h4-9,16,18,25,31-32H,10-15,17H2,1-3H3/b26-24+/t25-/m0/s1. The summed E-state index contributed by atoms with van der Waals surface area (Å²) in [5.41, 5.74) is 1.90. The molecule has 4 rings (SSSR count). The number of aliphatic hydroxyl groups excluding tert-OH is 1. The van der Waals surface area contributed by atoms with Crippen LogP contribution in [0.4, 0.5) is 0 Å². The van der Waals surface area contributed by atoms with E-state index >= 15 is 0 Å². The summed E-state index contributed by atoms with van der Waals surface area (Å²) >= 11 is 0. The number of carbonyl (C=O) groups is 2. The maximum atomic E-state index is 13.3. The second-order valence-corrected chi connectivity index (χ2v) is 9.72. The van der Waals surface area contributed by atoms with E-state index in [2.05, 4.69) is 18.7 Å². The van der Waals surface area contributed by atoms with Crippen LogP contribution in [-0.2, 0) is 14.3 Å². The number of amides is 1. The number of aryl methyl sites for hydroxylation is 1. The molecule has 192 valence electrons. The Hall–Kier alpha value is -3.36. The number of hydrogen-bond acceptors (Lipinski definition) is 7. The average Bonchev–Trinajstić information content (AvgIpc) is 3.12. The van der Waals surface area contributed by atoms with Gasteiger partial charge in [-0.3, -0.25) is 14.5 Å². The van der Waals surface area contributed by atoms with Crippen molar-refractivity contribution < 1.29 is 29.3 Å². The predicted octanol–water partition coefficient (Wildman–Crippen LogP) is 3.49. The molecule has 0 saturated carbocycles. The topological polar surface area (TPSA) is 99.5 Å². The van der Waals surface area contributed by atoms with E-state index < -0.39 is 17.7 Å². The lowest BCUT2D eigenvalue weighted by Gasteiger charge is -2.31. The van der Waals surface area contributed by atoms with Gasteiger partial charge in [0.2, 0.25) is 0 Å². The lowest BCUT2D eigenvalue weighted by molar-refractivity contribution is -0.140. The molecule has 0 aliphatic carbocycles. The maximum Gasteiger partial charge on any atom is 0.295 e. The Morgan fingerprint density at radius 1 is 1.08 bits per heavy atom. The van der Waals surface area contributed by atoms with Crippen LogP contribution in [0.15, 0.2) is 48.0 Å². The molecule has 0 radical (unpaired) electrons. The third-order valence-corrected chi connectivity index (χ3v) is 6.55. The van der Waals surface area contributed by atoms with Crippen molar-refractivity contribution in [1.29, 1.82) is 0 Å². The van der Waals surface area contributed by atoms with Gasteiger partial charge < -0.3 is 24.6 Å². The second kappa shape index (κ2) is 11.1. The molecule has 0 unspecified atom stereocenters. The number of phenols is 1. The van der Waals surface area contributed by atoms with Gasteiger partial charge in [0.25, 0.3) is 11.7 Å². The first kappa shape index (κ1) is 25.7. The van der Waals surface area contributed by atoms with E-state index in [1.807, 2.05) is 13.0 Å². The molecular formula is C28H34N2O6. The molecule has 36 heavy (non-hydrogen) atoms. The van der Waals surface area contributed by atoms with Gasteiger partial charge in [0.15, 0.2) is 0 Å². The molecule has 0 spiro atoms. The molecule has 8 heteroatoms. The Balaban J connectivity index is 1.70. The van der Waals surface area contributed by atoms with E-state index in [1.165, 1.54) is 17.0 Å². The first-order valence-corrected chi connectivity index (χ1v) is 12.4. The minimum absolute atomic E-state index is 0.0478. The molecule has 2 heterocycles. The predicted molar refractivity (Wildman–Crippen MR) is 136 cm³/mol. The lowest BCUT2D eigenvalue weighted by atomic mass is 9.94. The summed E-state index contributed by atoms with van der Waals surface area (Å²) in [5, 5.41) is 21.2. The molecule has 2 fully saturated rings. The van der Waals surface area contributed by atoms with Crippen molar-refractivity contribution >= 4 is 17.4 Å². The molecule has 2 saturated heterocycles. The molecule has 1 atom stereocenters. The lowest BCUT2D eigenvalue weighted by Crippen LogP contribution is -2.42. The Kier molecular flexibility index (Phi) is 7.96. The second-order valence-electron chi connectivity index (χ2n) is 9.72. The van der Waals surface area contributed by atoms with Crippen LogP contribution in [0, 0.1) is 12.8 Å². The van der Waals surface area contributed by atoms with Gasteiger partial charge in [-0.15, -0.1) is 0 Å². The van der Waals surface area contributed by atoms with Gasteiger partial charge in [-0.05, 0) is 54.3 Å². The van der Waals surface area contributed by atoms with Crippen LogP contribution in [-0.4, -0.2) is 77.7 Å². The minimum Gasteiger partial charge on any atom is -0.508 e. The van der Waals surface area contributed by atoms with E-state index in [0.717, 1.165) is 18.7 Å². The van der Waals surface area contributed by atoms with Crippen molar-refractivity contribution in [3.05, 3.63) is 64.7 Å². The van der Waals surface area contributed by atoms with E-state index in [4.69, 9.17) is 9.47 Å². The summed E-state index contributed by atoms with van der Waals surface area (Å²) < 4.78 is 11.2. The third kappa shape index (κ3) is 5.55. The van der Waals surface area contributed by atoms with Crippen LogP contribution in [0.2, 0.25) is 0 Å². The molecule has 2 aliphatic rings. The fourth-order valence-corrected chi connectivity index (χ4v) is 4.59. The van der Waals surface area contributed by atoms with Crippen molar-refractivity contribution in [1.82, 2.24) is 9.80 Å².